The summed E-state index contributed by atoms with van der Waals surface area (Å²) in [7, 11) is 4.06. The molecule has 0 aliphatic rings. The molecule has 0 fully saturated rings. The van der Waals surface area contributed by atoms with Gasteiger partial charge in [0.1, 0.15) is 0 Å². The Morgan fingerprint density at radius 1 is 1.00 bits per heavy atom. The van der Waals surface area contributed by atoms with E-state index in [0.717, 1.165) is 33.2 Å². The summed E-state index contributed by atoms with van der Waals surface area (Å²) in [5.74, 6) is -0.0746. The summed E-state index contributed by atoms with van der Waals surface area (Å²) in [4.78, 5) is 30.7. The molecule has 0 radical (unpaired) electrons. The normalized spacial score (nSPS) is 11.1. The molecule has 2 aromatic carbocycles. The van der Waals surface area contributed by atoms with Gasteiger partial charge in [-0.3, -0.25) is 19.7 Å². The number of fused-ring (bicyclic) bond motifs is 2. The number of carbonyl (C=O) groups is 1. The van der Waals surface area contributed by atoms with Crippen molar-refractivity contribution >= 4 is 72.0 Å². The van der Waals surface area contributed by atoms with Crippen LogP contribution in [0.2, 0.25) is 0 Å². The van der Waals surface area contributed by atoms with Crippen molar-refractivity contribution in [2.24, 2.45) is 0 Å². The van der Waals surface area contributed by atoms with Crippen LogP contribution in [0.4, 0.5) is 5.13 Å². The fourth-order valence-electron chi connectivity index (χ4n) is 3.08. The SMILES string of the molecule is CN(C)CCCN(C(=O)c1ccc2nccnc2c1)c1nc2ccc(Br)cc2s1.Cl. The second kappa shape index (κ2) is 9.78. The summed E-state index contributed by atoms with van der Waals surface area (Å²) in [5, 5.41) is 0.709. The third-order valence-corrected chi connectivity index (χ3v) is 6.05. The van der Waals surface area contributed by atoms with E-state index >= 15 is 0 Å². The number of carbonyl (C=O) groups excluding carboxylic acids is 1. The van der Waals surface area contributed by atoms with Gasteiger partial charge < -0.3 is 4.90 Å². The van der Waals surface area contributed by atoms with Crippen LogP contribution in [0.3, 0.4) is 0 Å². The average molecular weight is 507 g/mol. The molecular formula is C21H21BrClN5OS. The maximum atomic E-state index is 13.4. The minimum atomic E-state index is -0.0746. The second-order valence-corrected chi connectivity index (χ2v) is 8.91. The largest absolute Gasteiger partial charge is 0.309 e. The minimum Gasteiger partial charge on any atom is -0.309 e. The van der Waals surface area contributed by atoms with Crippen LogP contribution in [0.15, 0.2) is 53.3 Å². The summed E-state index contributed by atoms with van der Waals surface area (Å²) >= 11 is 5.03. The van der Waals surface area contributed by atoms with E-state index in [2.05, 4.69) is 30.8 Å². The summed E-state index contributed by atoms with van der Waals surface area (Å²) in [5.41, 5.74) is 2.96. The maximum Gasteiger partial charge on any atom is 0.260 e. The van der Waals surface area contributed by atoms with Gasteiger partial charge in [-0.1, -0.05) is 27.3 Å². The van der Waals surface area contributed by atoms with Gasteiger partial charge in [-0.15, -0.1) is 12.4 Å². The molecule has 30 heavy (non-hydrogen) atoms. The number of benzene rings is 2. The molecule has 0 unspecified atom stereocenters. The lowest BCUT2D eigenvalue weighted by Gasteiger charge is -2.21. The number of thiazole rings is 1. The predicted molar refractivity (Wildman–Crippen MR) is 129 cm³/mol. The number of hydrogen-bond acceptors (Lipinski definition) is 6. The van der Waals surface area contributed by atoms with Crippen molar-refractivity contribution in [2.45, 2.75) is 6.42 Å². The van der Waals surface area contributed by atoms with E-state index in [1.807, 2.05) is 44.4 Å². The molecule has 1 amide bonds. The van der Waals surface area contributed by atoms with Crippen molar-refractivity contribution in [3.05, 3.63) is 58.8 Å². The lowest BCUT2D eigenvalue weighted by Crippen LogP contribution is -2.33. The van der Waals surface area contributed by atoms with E-state index < -0.39 is 0 Å². The van der Waals surface area contributed by atoms with Crippen molar-refractivity contribution in [3.8, 4) is 0 Å². The van der Waals surface area contributed by atoms with E-state index in [1.54, 1.807) is 23.4 Å². The summed E-state index contributed by atoms with van der Waals surface area (Å²) in [6, 6.07) is 11.4. The van der Waals surface area contributed by atoms with E-state index in [-0.39, 0.29) is 18.3 Å². The van der Waals surface area contributed by atoms with Crippen molar-refractivity contribution in [1.29, 1.82) is 0 Å². The molecule has 0 bridgehead atoms. The van der Waals surface area contributed by atoms with Gasteiger partial charge in [-0.05, 0) is 63.5 Å². The highest BCUT2D eigenvalue weighted by molar-refractivity contribution is 9.10. The van der Waals surface area contributed by atoms with Crippen molar-refractivity contribution in [3.63, 3.8) is 0 Å². The van der Waals surface area contributed by atoms with Gasteiger partial charge in [0.25, 0.3) is 5.91 Å². The zero-order valence-corrected chi connectivity index (χ0v) is 19.8. The van der Waals surface area contributed by atoms with Crippen LogP contribution in [0.1, 0.15) is 16.8 Å². The molecule has 4 aromatic rings. The molecule has 4 rings (SSSR count). The third kappa shape index (κ3) is 4.95. The number of rotatable bonds is 6. The Morgan fingerprint density at radius 3 is 2.50 bits per heavy atom. The fraction of sp³-hybridized carbons (Fsp3) is 0.238. The molecule has 6 nitrogen and oxygen atoms in total. The number of aromatic nitrogens is 3. The lowest BCUT2D eigenvalue weighted by atomic mass is 10.1. The molecule has 0 saturated heterocycles. The number of halogens is 2. The van der Waals surface area contributed by atoms with E-state index in [9.17, 15) is 4.79 Å². The van der Waals surface area contributed by atoms with Crippen LogP contribution in [0.5, 0.6) is 0 Å². The van der Waals surface area contributed by atoms with Crippen LogP contribution in [-0.2, 0) is 0 Å². The van der Waals surface area contributed by atoms with Gasteiger partial charge in [0.2, 0.25) is 0 Å². The highest BCUT2D eigenvalue weighted by Gasteiger charge is 2.21. The summed E-state index contributed by atoms with van der Waals surface area (Å²) < 4.78 is 2.04. The van der Waals surface area contributed by atoms with Gasteiger partial charge in [-0.2, -0.15) is 0 Å². The topological polar surface area (TPSA) is 62.2 Å². The Bertz CT molecular complexity index is 1180. The monoisotopic (exact) mass is 505 g/mol. The Morgan fingerprint density at radius 2 is 1.73 bits per heavy atom. The first-order chi connectivity index (χ1) is 14.0. The van der Waals surface area contributed by atoms with E-state index in [1.165, 1.54) is 11.3 Å². The fourth-order valence-corrected chi connectivity index (χ4v) is 4.62. The maximum absolute atomic E-state index is 13.4. The second-order valence-electron chi connectivity index (χ2n) is 6.98. The smallest absolute Gasteiger partial charge is 0.260 e. The van der Waals surface area contributed by atoms with Gasteiger partial charge in [0, 0.05) is 29.0 Å². The van der Waals surface area contributed by atoms with Crippen molar-refractivity contribution in [1.82, 2.24) is 19.9 Å². The molecular weight excluding hydrogens is 486 g/mol. The molecule has 2 heterocycles. The first-order valence-corrected chi connectivity index (χ1v) is 10.9. The van der Waals surface area contributed by atoms with Crippen LogP contribution >= 0.6 is 39.7 Å². The molecule has 0 N–H and O–H groups in total. The Kier molecular flexibility index (Phi) is 7.36. The molecule has 2 aromatic heterocycles. The lowest BCUT2D eigenvalue weighted by molar-refractivity contribution is 0.0986. The van der Waals surface area contributed by atoms with E-state index in [4.69, 9.17) is 4.98 Å². The number of anilines is 1. The van der Waals surface area contributed by atoms with Gasteiger partial charge >= 0.3 is 0 Å². The number of nitrogens with zero attached hydrogens (tertiary/aromatic N) is 5. The number of hydrogen-bond donors (Lipinski definition) is 0. The quantitative estimate of drug-likeness (QED) is 0.367. The van der Waals surface area contributed by atoms with Crippen LogP contribution in [0, 0.1) is 0 Å². The molecule has 9 heteroatoms. The Labute approximate surface area is 193 Å². The zero-order valence-electron chi connectivity index (χ0n) is 16.6. The Balaban J connectivity index is 0.00000256. The third-order valence-electron chi connectivity index (χ3n) is 4.52. The van der Waals surface area contributed by atoms with Crippen LogP contribution < -0.4 is 4.90 Å². The predicted octanol–water partition coefficient (Wildman–Crippen LogP) is 5.02. The average Bonchev–Trinajstić information content (AvgIpc) is 3.13. The standard InChI is InChI=1S/C21H20BrN5OS.ClH/c1-26(2)10-3-11-27(21-25-17-7-5-15(22)13-19(17)29-21)20(28)14-4-6-16-18(12-14)24-9-8-23-16;/h4-9,12-13H,3,10-11H2,1-2H3;1H. The zero-order chi connectivity index (χ0) is 20.4. The first-order valence-electron chi connectivity index (χ1n) is 9.25. The Hall–Kier alpha value is -2.13. The van der Waals surface area contributed by atoms with Crippen LogP contribution in [-0.4, -0.2) is 52.9 Å². The summed E-state index contributed by atoms with van der Waals surface area (Å²) in [6.45, 7) is 1.49. The van der Waals surface area contributed by atoms with Gasteiger partial charge in [0.05, 0.1) is 21.3 Å². The molecule has 0 saturated carbocycles. The number of amides is 1. The van der Waals surface area contributed by atoms with Gasteiger partial charge in [0.15, 0.2) is 5.13 Å². The summed E-state index contributed by atoms with van der Waals surface area (Å²) in [6.07, 6.45) is 4.14. The first kappa shape index (κ1) is 22.6. The van der Waals surface area contributed by atoms with E-state index in [0.29, 0.717) is 22.8 Å². The molecule has 0 spiro atoms. The highest BCUT2D eigenvalue weighted by atomic mass is 79.9. The molecule has 0 atom stereocenters. The minimum absolute atomic E-state index is 0. The molecule has 0 aliphatic heterocycles. The highest BCUT2D eigenvalue weighted by Crippen LogP contribution is 2.32. The molecule has 156 valence electrons. The van der Waals surface area contributed by atoms with Crippen molar-refractivity contribution < 1.29 is 4.79 Å². The van der Waals surface area contributed by atoms with Crippen molar-refractivity contribution in [2.75, 3.05) is 32.1 Å². The van der Waals surface area contributed by atoms with Gasteiger partial charge in [-0.25, -0.2) is 4.98 Å². The van der Waals surface area contributed by atoms with Crippen LogP contribution in [0.25, 0.3) is 21.3 Å². The molecule has 0 aliphatic carbocycles.